The topological polar surface area (TPSA) is 54.0 Å². The van der Waals surface area contributed by atoms with E-state index in [0.717, 1.165) is 26.8 Å². The van der Waals surface area contributed by atoms with Gasteiger partial charge in [0, 0.05) is 21.2 Å². The van der Waals surface area contributed by atoms with Gasteiger partial charge in [-0.15, -0.1) is 0 Å². The van der Waals surface area contributed by atoms with Crippen molar-refractivity contribution in [3.8, 4) is 0 Å². The SMILES string of the molecule is Cc1ccc2c(NC(=S)NC(=O)c3ccccc3Br)cccc2n1. The largest absolute Gasteiger partial charge is 0.332 e. The lowest BCUT2D eigenvalue weighted by atomic mass is 10.1. The lowest BCUT2D eigenvalue weighted by molar-refractivity contribution is 0.0977. The van der Waals surface area contributed by atoms with E-state index in [9.17, 15) is 4.79 Å². The summed E-state index contributed by atoms with van der Waals surface area (Å²) in [6, 6.07) is 16.9. The monoisotopic (exact) mass is 399 g/mol. The van der Waals surface area contributed by atoms with Crippen molar-refractivity contribution in [3.05, 3.63) is 70.3 Å². The summed E-state index contributed by atoms with van der Waals surface area (Å²) in [5, 5.41) is 6.95. The molecule has 3 aromatic rings. The molecule has 2 aromatic carbocycles. The van der Waals surface area contributed by atoms with Crippen LogP contribution in [0.5, 0.6) is 0 Å². The molecule has 0 spiro atoms. The normalized spacial score (nSPS) is 10.4. The number of carbonyl (C=O) groups is 1. The van der Waals surface area contributed by atoms with E-state index in [-0.39, 0.29) is 11.0 Å². The van der Waals surface area contributed by atoms with Crippen LogP contribution in [0, 0.1) is 6.92 Å². The van der Waals surface area contributed by atoms with Gasteiger partial charge in [-0.2, -0.15) is 0 Å². The molecule has 4 nitrogen and oxygen atoms in total. The number of aryl methyl sites for hydroxylation is 1. The number of benzene rings is 2. The number of pyridine rings is 1. The van der Waals surface area contributed by atoms with E-state index in [0.29, 0.717) is 5.56 Å². The van der Waals surface area contributed by atoms with Crippen molar-refractivity contribution in [2.75, 3.05) is 5.32 Å². The van der Waals surface area contributed by atoms with E-state index in [4.69, 9.17) is 12.2 Å². The lowest BCUT2D eigenvalue weighted by Crippen LogP contribution is -2.34. The molecule has 0 aliphatic heterocycles. The van der Waals surface area contributed by atoms with Gasteiger partial charge in [0.15, 0.2) is 5.11 Å². The molecule has 0 aliphatic carbocycles. The van der Waals surface area contributed by atoms with Crippen molar-refractivity contribution >= 4 is 55.8 Å². The first-order chi connectivity index (χ1) is 11.5. The van der Waals surface area contributed by atoms with E-state index in [1.54, 1.807) is 12.1 Å². The summed E-state index contributed by atoms with van der Waals surface area (Å²) >= 11 is 8.63. The highest BCUT2D eigenvalue weighted by molar-refractivity contribution is 9.10. The van der Waals surface area contributed by atoms with Gasteiger partial charge in [0.25, 0.3) is 5.91 Å². The maximum atomic E-state index is 12.3. The Morgan fingerprint density at radius 1 is 1.08 bits per heavy atom. The molecule has 0 fully saturated rings. The fourth-order valence-electron chi connectivity index (χ4n) is 2.34. The second kappa shape index (κ2) is 7.07. The van der Waals surface area contributed by atoms with Crippen LogP contribution in [0.25, 0.3) is 10.9 Å². The van der Waals surface area contributed by atoms with Gasteiger partial charge < -0.3 is 5.32 Å². The number of fused-ring (bicyclic) bond motifs is 1. The van der Waals surface area contributed by atoms with Crippen LogP contribution in [-0.4, -0.2) is 16.0 Å². The highest BCUT2D eigenvalue weighted by Crippen LogP contribution is 2.22. The number of nitrogens with one attached hydrogen (secondary N) is 2. The number of anilines is 1. The molecule has 0 unspecified atom stereocenters. The molecular formula is C18H14BrN3OS. The maximum Gasteiger partial charge on any atom is 0.258 e. The van der Waals surface area contributed by atoms with E-state index in [1.807, 2.05) is 49.4 Å². The number of thiocarbonyl (C=S) groups is 1. The zero-order valence-electron chi connectivity index (χ0n) is 12.8. The van der Waals surface area contributed by atoms with E-state index >= 15 is 0 Å². The molecule has 2 N–H and O–H groups in total. The molecule has 120 valence electrons. The Balaban J connectivity index is 1.78. The highest BCUT2D eigenvalue weighted by atomic mass is 79.9. The molecule has 3 rings (SSSR count). The Hall–Kier alpha value is -2.31. The minimum absolute atomic E-state index is 0.240. The second-order valence-corrected chi connectivity index (χ2v) is 6.48. The first-order valence-electron chi connectivity index (χ1n) is 7.28. The molecule has 1 aromatic heterocycles. The molecule has 1 amide bonds. The zero-order chi connectivity index (χ0) is 17.1. The van der Waals surface area contributed by atoms with Gasteiger partial charge in [0.1, 0.15) is 0 Å². The third-order valence-electron chi connectivity index (χ3n) is 3.46. The number of halogens is 1. The van der Waals surface area contributed by atoms with Crippen molar-refractivity contribution in [2.24, 2.45) is 0 Å². The highest BCUT2D eigenvalue weighted by Gasteiger charge is 2.11. The van der Waals surface area contributed by atoms with Crippen LogP contribution in [0.2, 0.25) is 0 Å². The Bertz CT molecular complexity index is 942. The minimum atomic E-state index is -0.269. The second-order valence-electron chi connectivity index (χ2n) is 5.21. The average Bonchev–Trinajstić information content (AvgIpc) is 2.55. The molecule has 0 saturated carbocycles. The van der Waals surface area contributed by atoms with Crippen LogP contribution in [0.3, 0.4) is 0 Å². The van der Waals surface area contributed by atoms with Crippen LogP contribution in [0.1, 0.15) is 16.1 Å². The molecule has 1 heterocycles. The van der Waals surface area contributed by atoms with Crippen molar-refractivity contribution in [2.45, 2.75) is 6.92 Å². The van der Waals surface area contributed by atoms with Gasteiger partial charge in [0.05, 0.1) is 11.1 Å². The lowest BCUT2D eigenvalue weighted by Gasteiger charge is -2.12. The minimum Gasteiger partial charge on any atom is -0.332 e. The van der Waals surface area contributed by atoms with Crippen molar-refractivity contribution in [3.63, 3.8) is 0 Å². The molecule has 0 saturated heterocycles. The number of amides is 1. The molecular weight excluding hydrogens is 386 g/mol. The Kier molecular flexibility index (Phi) is 4.87. The summed E-state index contributed by atoms with van der Waals surface area (Å²) < 4.78 is 0.718. The third-order valence-corrected chi connectivity index (χ3v) is 4.36. The number of hydrogen-bond donors (Lipinski definition) is 2. The fourth-order valence-corrected chi connectivity index (χ4v) is 3.00. The predicted molar refractivity (Wildman–Crippen MR) is 104 cm³/mol. The number of rotatable bonds is 2. The van der Waals surface area contributed by atoms with Gasteiger partial charge in [-0.05, 0) is 71.5 Å². The van der Waals surface area contributed by atoms with Crippen molar-refractivity contribution < 1.29 is 4.79 Å². The standard InChI is InChI=1S/C18H14BrN3OS/c1-11-9-10-13-15(20-11)7-4-8-16(13)21-18(24)22-17(23)12-5-2-3-6-14(12)19/h2-10H,1H3,(H2,21,22,23,24). The third kappa shape index (κ3) is 3.60. The molecule has 0 bridgehead atoms. The quantitative estimate of drug-likeness (QED) is 0.625. The van der Waals surface area contributed by atoms with Gasteiger partial charge in [0.2, 0.25) is 0 Å². The molecule has 6 heteroatoms. The summed E-state index contributed by atoms with van der Waals surface area (Å²) in [4.78, 5) is 16.8. The van der Waals surface area contributed by atoms with E-state index in [2.05, 4.69) is 31.5 Å². The summed E-state index contributed by atoms with van der Waals surface area (Å²) in [7, 11) is 0. The maximum absolute atomic E-state index is 12.3. The number of nitrogens with zero attached hydrogens (tertiary/aromatic N) is 1. The van der Waals surface area contributed by atoms with Gasteiger partial charge in [-0.1, -0.05) is 18.2 Å². The molecule has 0 aliphatic rings. The van der Waals surface area contributed by atoms with Gasteiger partial charge in [-0.25, -0.2) is 0 Å². The first kappa shape index (κ1) is 16.5. The Morgan fingerprint density at radius 3 is 2.67 bits per heavy atom. The van der Waals surface area contributed by atoms with Gasteiger partial charge >= 0.3 is 0 Å². The van der Waals surface area contributed by atoms with E-state index in [1.165, 1.54) is 0 Å². The molecule has 0 atom stereocenters. The van der Waals surface area contributed by atoms with Crippen LogP contribution >= 0.6 is 28.1 Å². The van der Waals surface area contributed by atoms with Crippen LogP contribution in [-0.2, 0) is 0 Å². The van der Waals surface area contributed by atoms with Crippen LogP contribution in [0.4, 0.5) is 5.69 Å². The van der Waals surface area contributed by atoms with Crippen molar-refractivity contribution in [1.29, 1.82) is 0 Å². The van der Waals surface area contributed by atoms with Crippen molar-refractivity contribution in [1.82, 2.24) is 10.3 Å². The number of carbonyl (C=O) groups excluding carboxylic acids is 1. The first-order valence-corrected chi connectivity index (χ1v) is 8.48. The Labute approximate surface area is 153 Å². The van der Waals surface area contributed by atoms with Gasteiger partial charge in [-0.3, -0.25) is 15.1 Å². The summed E-state index contributed by atoms with van der Waals surface area (Å²) in [6.07, 6.45) is 0. The summed E-state index contributed by atoms with van der Waals surface area (Å²) in [6.45, 7) is 1.95. The summed E-state index contributed by atoms with van der Waals surface area (Å²) in [5.74, 6) is -0.269. The van der Waals surface area contributed by atoms with E-state index < -0.39 is 0 Å². The zero-order valence-corrected chi connectivity index (χ0v) is 15.2. The average molecular weight is 400 g/mol. The number of hydrogen-bond acceptors (Lipinski definition) is 3. The number of aromatic nitrogens is 1. The van der Waals surface area contributed by atoms with Crippen LogP contribution in [0.15, 0.2) is 59.1 Å². The Morgan fingerprint density at radius 2 is 1.88 bits per heavy atom. The molecule has 0 radical (unpaired) electrons. The molecule has 24 heavy (non-hydrogen) atoms. The fraction of sp³-hybridized carbons (Fsp3) is 0.0556. The smallest absolute Gasteiger partial charge is 0.258 e. The van der Waals surface area contributed by atoms with Crippen LogP contribution < -0.4 is 10.6 Å². The summed E-state index contributed by atoms with van der Waals surface area (Å²) in [5.41, 5.74) is 3.15. The predicted octanol–water partition coefficient (Wildman–Crippen LogP) is 4.43.